The molecule has 0 aromatic rings. The lowest BCUT2D eigenvalue weighted by Crippen LogP contribution is -2.18. The highest BCUT2D eigenvalue weighted by Gasteiger charge is 2.12. The van der Waals surface area contributed by atoms with Crippen LogP contribution >= 0.6 is 0 Å². The monoisotopic (exact) mass is 150 g/mol. The molecule has 0 spiro atoms. The lowest BCUT2D eigenvalue weighted by molar-refractivity contribution is 0.0496. The highest BCUT2D eigenvalue weighted by atomic mass is 16.5. The highest BCUT2D eigenvalue weighted by Crippen LogP contribution is 2.17. The van der Waals surface area contributed by atoms with Crippen LogP contribution < -0.4 is 0 Å². The summed E-state index contributed by atoms with van der Waals surface area (Å²) in [6.07, 6.45) is 6.69. The third-order valence-corrected chi connectivity index (χ3v) is 1.22. The summed E-state index contributed by atoms with van der Waals surface area (Å²) in [6, 6.07) is 0. The van der Waals surface area contributed by atoms with E-state index in [2.05, 4.69) is 26.5 Å². The van der Waals surface area contributed by atoms with Crippen LogP contribution in [0.4, 0.5) is 0 Å². The molecule has 0 saturated heterocycles. The first-order chi connectivity index (χ1) is 5.08. The van der Waals surface area contributed by atoms with E-state index in [0.717, 1.165) is 12.2 Å². The fourth-order valence-electron chi connectivity index (χ4n) is 0.906. The number of hydrogen-bond acceptors (Lipinski definition) is 1. The van der Waals surface area contributed by atoms with E-state index in [4.69, 9.17) is 4.74 Å². The molecule has 0 heterocycles. The van der Waals surface area contributed by atoms with Crippen LogP contribution in [-0.4, -0.2) is 5.60 Å². The molecule has 0 fully saturated rings. The Bertz CT molecular complexity index is 222. The Morgan fingerprint density at radius 3 is 2.64 bits per heavy atom. The predicted molar refractivity (Wildman–Crippen MR) is 46.2 cm³/mol. The second kappa shape index (κ2) is 2.98. The van der Waals surface area contributed by atoms with E-state index in [-0.39, 0.29) is 5.60 Å². The Balaban J connectivity index is 2.53. The number of rotatable bonds is 1. The van der Waals surface area contributed by atoms with Gasteiger partial charge in [-0.25, -0.2) is 0 Å². The number of allylic oxidation sites excluding steroid dienone is 2. The molecule has 1 nitrogen and oxygen atoms in total. The fourth-order valence-corrected chi connectivity index (χ4v) is 0.906. The van der Waals surface area contributed by atoms with Crippen LogP contribution in [0.5, 0.6) is 0 Å². The standard InChI is InChI=1S/C10H14O/c1-10(2,3)11-9-7-5-4-6-8-9/h5-7H,8H2,1-3H3. The Kier molecular flexibility index (Phi) is 2.21. The van der Waals surface area contributed by atoms with Gasteiger partial charge in [0, 0.05) is 6.42 Å². The zero-order valence-corrected chi connectivity index (χ0v) is 7.35. The van der Waals surface area contributed by atoms with E-state index in [1.54, 1.807) is 0 Å². The summed E-state index contributed by atoms with van der Waals surface area (Å²) in [7, 11) is 0. The van der Waals surface area contributed by atoms with Crippen LogP contribution in [0.2, 0.25) is 0 Å². The molecule has 1 heteroatoms. The van der Waals surface area contributed by atoms with Gasteiger partial charge in [-0.05, 0) is 39.0 Å². The second-order valence-corrected chi connectivity index (χ2v) is 3.59. The van der Waals surface area contributed by atoms with Crippen molar-refractivity contribution in [3.05, 3.63) is 29.7 Å². The van der Waals surface area contributed by atoms with Gasteiger partial charge in [-0.1, -0.05) is 0 Å². The normalized spacial score (nSPS) is 16.5. The largest absolute Gasteiger partial charge is 0.492 e. The Hall–Kier alpha value is -0.940. The minimum atomic E-state index is -0.0785. The second-order valence-electron chi connectivity index (χ2n) is 3.59. The lowest BCUT2D eigenvalue weighted by Gasteiger charge is -2.23. The van der Waals surface area contributed by atoms with Gasteiger partial charge >= 0.3 is 0 Å². The molecule has 1 aliphatic rings. The van der Waals surface area contributed by atoms with Crippen LogP contribution in [0.25, 0.3) is 0 Å². The van der Waals surface area contributed by atoms with Crippen LogP contribution in [0.1, 0.15) is 27.2 Å². The van der Waals surface area contributed by atoms with Gasteiger partial charge in [0.15, 0.2) is 0 Å². The summed E-state index contributed by atoms with van der Waals surface area (Å²) in [5.74, 6) is 1.02. The maximum absolute atomic E-state index is 5.64. The minimum absolute atomic E-state index is 0.0785. The summed E-state index contributed by atoms with van der Waals surface area (Å²) in [5.41, 5.74) is 2.92. The molecular formula is C10H14O. The molecule has 0 atom stereocenters. The van der Waals surface area contributed by atoms with Gasteiger partial charge in [0.25, 0.3) is 0 Å². The molecule has 0 bridgehead atoms. The molecule has 0 unspecified atom stereocenters. The fraction of sp³-hybridized carbons (Fsp3) is 0.500. The van der Waals surface area contributed by atoms with Gasteiger partial charge in [0.05, 0.1) is 0 Å². The van der Waals surface area contributed by atoms with Crippen molar-refractivity contribution in [3.63, 3.8) is 0 Å². The Morgan fingerprint density at radius 2 is 2.18 bits per heavy atom. The molecule has 0 saturated carbocycles. The maximum atomic E-state index is 5.64. The van der Waals surface area contributed by atoms with Gasteiger partial charge in [-0.2, -0.15) is 0 Å². The number of hydrogen-bond donors (Lipinski definition) is 0. The molecule has 0 aliphatic heterocycles. The molecule has 0 amide bonds. The van der Waals surface area contributed by atoms with E-state index in [1.165, 1.54) is 0 Å². The van der Waals surface area contributed by atoms with Crippen LogP contribution in [0.15, 0.2) is 29.7 Å². The minimum Gasteiger partial charge on any atom is -0.492 e. The van der Waals surface area contributed by atoms with Crippen molar-refractivity contribution < 1.29 is 4.74 Å². The van der Waals surface area contributed by atoms with Gasteiger partial charge in [0.2, 0.25) is 0 Å². The van der Waals surface area contributed by atoms with Gasteiger partial charge in [-0.15, -0.1) is 5.73 Å². The summed E-state index contributed by atoms with van der Waals surface area (Å²) in [5, 5.41) is 0. The van der Waals surface area contributed by atoms with Crippen molar-refractivity contribution in [3.8, 4) is 0 Å². The van der Waals surface area contributed by atoms with E-state index in [1.807, 2.05) is 18.2 Å². The number of ether oxygens (including phenoxy) is 1. The van der Waals surface area contributed by atoms with Crippen LogP contribution in [-0.2, 0) is 4.74 Å². The summed E-state index contributed by atoms with van der Waals surface area (Å²) >= 11 is 0. The van der Waals surface area contributed by atoms with E-state index >= 15 is 0 Å². The first kappa shape index (κ1) is 8.16. The van der Waals surface area contributed by atoms with Crippen molar-refractivity contribution in [2.75, 3.05) is 0 Å². The van der Waals surface area contributed by atoms with Crippen molar-refractivity contribution in [1.29, 1.82) is 0 Å². The van der Waals surface area contributed by atoms with Crippen molar-refractivity contribution in [2.24, 2.45) is 0 Å². The quantitative estimate of drug-likeness (QED) is 0.522. The summed E-state index contributed by atoms with van der Waals surface area (Å²) in [4.78, 5) is 0. The molecule has 11 heavy (non-hydrogen) atoms. The Labute approximate surface area is 68.1 Å². The van der Waals surface area contributed by atoms with E-state index in [0.29, 0.717) is 0 Å². The Morgan fingerprint density at radius 1 is 1.45 bits per heavy atom. The molecule has 0 aromatic heterocycles. The predicted octanol–water partition coefficient (Wildman–Crippen LogP) is 2.80. The lowest BCUT2D eigenvalue weighted by atomic mass is 10.1. The summed E-state index contributed by atoms with van der Waals surface area (Å²) < 4.78 is 5.64. The third-order valence-electron chi connectivity index (χ3n) is 1.22. The van der Waals surface area contributed by atoms with Gasteiger partial charge in [0.1, 0.15) is 11.4 Å². The smallest absolute Gasteiger partial charge is 0.102 e. The molecule has 0 radical (unpaired) electrons. The molecule has 1 aliphatic carbocycles. The van der Waals surface area contributed by atoms with Gasteiger partial charge < -0.3 is 4.74 Å². The SMILES string of the molecule is CC(C)(C)OC1=CC=C=CC1. The van der Waals surface area contributed by atoms with Crippen LogP contribution in [0.3, 0.4) is 0 Å². The zero-order chi connectivity index (χ0) is 8.32. The third kappa shape index (κ3) is 3.10. The maximum Gasteiger partial charge on any atom is 0.102 e. The average Bonchev–Trinajstić information content (AvgIpc) is 1.85. The molecule has 1 rings (SSSR count). The topological polar surface area (TPSA) is 9.23 Å². The average molecular weight is 150 g/mol. The molecule has 0 aromatic carbocycles. The molecule has 0 N–H and O–H groups in total. The first-order valence-electron chi connectivity index (χ1n) is 3.87. The zero-order valence-electron chi connectivity index (χ0n) is 7.35. The first-order valence-corrected chi connectivity index (χ1v) is 3.87. The van der Waals surface area contributed by atoms with E-state index in [9.17, 15) is 0 Å². The van der Waals surface area contributed by atoms with Crippen molar-refractivity contribution in [1.82, 2.24) is 0 Å². The highest BCUT2D eigenvalue weighted by molar-refractivity contribution is 5.15. The van der Waals surface area contributed by atoms with E-state index < -0.39 is 0 Å². The molecular weight excluding hydrogens is 136 g/mol. The van der Waals surface area contributed by atoms with Crippen molar-refractivity contribution in [2.45, 2.75) is 32.8 Å². The molecule has 60 valence electrons. The van der Waals surface area contributed by atoms with Crippen molar-refractivity contribution >= 4 is 0 Å². The summed E-state index contributed by atoms with van der Waals surface area (Å²) in [6.45, 7) is 6.15. The van der Waals surface area contributed by atoms with Crippen LogP contribution in [0, 0.1) is 0 Å². The van der Waals surface area contributed by atoms with Gasteiger partial charge in [-0.3, -0.25) is 0 Å².